The maximum atomic E-state index is 12.6. The lowest BCUT2D eigenvalue weighted by Crippen LogP contribution is -2.52. The maximum Gasteiger partial charge on any atom is 0.410 e. The number of nitrogens with two attached hydrogens (primary N) is 1. The van der Waals surface area contributed by atoms with E-state index in [0.29, 0.717) is 13.0 Å². The van der Waals surface area contributed by atoms with Crippen LogP contribution in [0, 0.1) is 0 Å². The van der Waals surface area contributed by atoms with E-state index in [1.54, 1.807) is 4.90 Å². The van der Waals surface area contributed by atoms with Gasteiger partial charge in [0.05, 0.1) is 6.04 Å². The SMILES string of the molecule is CC(OC(N)=S)[C@@H]1Cc2ccccc2CN1C(=O)OC(C)(C)C. The van der Waals surface area contributed by atoms with Gasteiger partial charge < -0.3 is 15.2 Å². The Labute approximate surface area is 142 Å². The topological polar surface area (TPSA) is 64.8 Å². The van der Waals surface area contributed by atoms with Crippen LogP contribution in [0.4, 0.5) is 4.79 Å². The van der Waals surface area contributed by atoms with Crippen molar-refractivity contribution in [2.75, 3.05) is 0 Å². The first-order chi connectivity index (χ1) is 10.7. The minimum Gasteiger partial charge on any atom is -0.466 e. The van der Waals surface area contributed by atoms with Gasteiger partial charge in [0, 0.05) is 6.54 Å². The van der Waals surface area contributed by atoms with E-state index in [0.717, 1.165) is 5.56 Å². The molecule has 23 heavy (non-hydrogen) atoms. The van der Waals surface area contributed by atoms with Crippen LogP contribution in [0.25, 0.3) is 0 Å². The van der Waals surface area contributed by atoms with E-state index in [2.05, 4.69) is 6.07 Å². The van der Waals surface area contributed by atoms with Crippen LogP contribution in [0.1, 0.15) is 38.8 Å². The third-order valence-corrected chi connectivity index (χ3v) is 3.86. The molecule has 1 aromatic rings. The molecule has 0 spiro atoms. The first-order valence-corrected chi connectivity index (χ1v) is 8.10. The first kappa shape index (κ1) is 17.5. The molecule has 5 nitrogen and oxygen atoms in total. The summed E-state index contributed by atoms with van der Waals surface area (Å²) < 4.78 is 11.0. The Morgan fingerprint density at radius 3 is 2.52 bits per heavy atom. The predicted molar refractivity (Wildman–Crippen MR) is 93.0 cm³/mol. The van der Waals surface area contributed by atoms with Crippen molar-refractivity contribution in [1.29, 1.82) is 0 Å². The van der Waals surface area contributed by atoms with Crippen molar-refractivity contribution in [3.8, 4) is 0 Å². The monoisotopic (exact) mass is 336 g/mol. The van der Waals surface area contributed by atoms with Crippen molar-refractivity contribution in [1.82, 2.24) is 4.90 Å². The average molecular weight is 336 g/mol. The van der Waals surface area contributed by atoms with Crippen molar-refractivity contribution in [3.63, 3.8) is 0 Å². The molecule has 2 atom stereocenters. The van der Waals surface area contributed by atoms with Crippen LogP contribution in [0.5, 0.6) is 0 Å². The Kier molecular flexibility index (Phi) is 5.14. The predicted octanol–water partition coefficient (Wildman–Crippen LogP) is 3.00. The van der Waals surface area contributed by atoms with Gasteiger partial charge >= 0.3 is 6.09 Å². The molecule has 0 saturated heterocycles. The summed E-state index contributed by atoms with van der Waals surface area (Å²) >= 11 is 4.83. The van der Waals surface area contributed by atoms with Gasteiger partial charge in [0.15, 0.2) is 0 Å². The van der Waals surface area contributed by atoms with E-state index in [4.69, 9.17) is 27.4 Å². The molecule has 2 rings (SSSR count). The Hall–Kier alpha value is -1.82. The largest absolute Gasteiger partial charge is 0.466 e. The molecule has 1 aliphatic rings. The summed E-state index contributed by atoms with van der Waals surface area (Å²) in [6, 6.07) is 7.89. The molecule has 0 fully saturated rings. The van der Waals surface area contributed by atoms with Crippen LogP contribution < -0.4 is 5.73 Å². The van der Waals surface area contributed by atoms with Crippen molar-refractivity contribution in [2.45, 2.75) is 58.4 Å². The first-order valence-electron chi connectivity index (χ1n) is 7.70. The molecular formula is C17H24N2O3S. The van der Waals surface area contributed by atoms with E-state index in [9.17, 15) is 4.79 Å². The second-order valence-electron chi connectivity index (χ2n) is 6.79. The molecule has 1 amide bonds. The summed E-state index contributed by atoms with van der Waals surface area (Å²) in [5.74, 6) is 0. The molecule has 1 unspecified atom stereocenters. The third-order valence-electron chi connectivity index (χ3n) is 3.76. The lowest BCUT2D eigenvalue weighted by Gasteiger charge is -2.40. The van der Waals surface area contributed by atoms with Gasteiger partial charge in [-0.3, -0.25) is 4.90 Å². The fraction of sp³-hybridized carbons (Fsp3) is 0.529. The third kappa shape index (κ3) is 4.58. The lowest BCUT2D eigenvalue weighted by atomic mass is 9.92. The van der Waals surface area contributed by atoms with Crippen LogP contribution in [-0.2, 0) is 22.4 Å². The van der Waals surface area contributed by atoms with Crippen LogP contribution in [-0.4, -0.2) is 33.9 Å². The van der Waals surface area contributed by atoms with E-state index >= 15 is 0 Å². The molecule has 0 aromatic heterocycles. The van der Waals surface area contributed by atoms with Gasteiger partial charge in [-0.2, -0.15) is 0 Å². The van der Waals surface area contributed by atoms with E-state index < -0.39 is 5.60 Å². The summed E-state index contributed by atoms with van der Waals surface area (Å²) in [7, 11) is 0. The van der Waals surface area contributed by atoms with Crippen molar-refractivity contribution in [2.24, 2.45) is 5.73 Å². The number of amides is 1. The van der Waals surface area contributed by atoms with Crippen molar-refractivity contribution in [3.05, 3.63) is 35.4 Å². The minimum absolute atomic E-state index is 0.0134. The number of carbonyl (C=O) groups excluding carboxylic acids is 1. The van der Waals surface area contributed by atoms with Crippen LogP contribution >= 0.6 is 12.2 Å². The van der Waals surface area contributed by atoms with Crippen LogP contribution in [0.2, 0.25) is 0 Å². The van der Waals surface area contributed by atoms with Gasteiger partial charge in [0.2, 0.25) is 0 Å². The summed E-state index contributed by atoms with van der Waals surface area (Å²) in [6.45, 7) is 7.92. The summed E-state index contributed by atoms with van der Waals surface area (Å²) in [4.78, 5) is 14.3. The second kappa shape index (κ2) is 6.74. The zero-order valence-corrected chi connectivity index (χ0v) is 14.9. The van der Waals surface area contributed by atoms with Crippen molar-refractivity contribution >= 4 is 23.5 Å². The number of nitrogens with zero attached hydrogens (tertiary/aromatic N) is 1. The molecule has 126 valence electrons. The van der Waals surface area contributed by atoms with E-state index in [1.165, 1.54) is 5.56 Å². The van der Waals surface area contributed by atoms with Gasteiger partial charge in [-0.15, -0.1) is 0 Å². The number of benzene rings is 1. The Balaban J connectivity index is 2.27. The molecule has 1 aromatic carbocycles. The van der Waals surface area contributed by atoms with Gasteiger partial charge in [0.1, 0.15) is 11.7 Å². The van der Waals surface area contributed by atoms with Crippen LogP contribution in [0.15, 0.2) is 24.3 Å². The van der Waals surface area contributed by atoms with Gasteiger partial charge in [-0.1, -0.05) is 24.3 Å². The molecule has 0 radical (unpaired) electrons. The molecule has 0 aliphatic carbocycles. The summed E-state index contributed by atoms with van der Waals surface area (Å²) in [6.07, 6.45) is 0.0166. The summed E-state index contributed by atoms with van der Waals surface area (Å²) in [5, 5.41) is -0.0134. The standard InChI is InChI=1S/C17H24N2O3S/c1-11(21-15(18)23)14-9-12-7-5-6-8-13(12)10-19(14)16(20)22-17(2,3)4/h5-8,11,14H,9-10H2,1-4H3,(H2,18,23)/t11?,14-/m0/s1. The highest BCUT2D eigenvalue weighted by Gasteiger charge is 2.36. The minimum atomic E-state index is -0.550. The molecular weight excluding hydrogens is 312 g/mol. The Morgan fingerprint density at radius 1 is 1.35 bits per heavy atom. The lowest BCUT2D eigenvalue weighted by molar-refractivity contribution is -0.00585. The average Bonchev–Trinajstić information content (AvgIpc) is 2.43. The smallest absolute Gasteiger partial charge is 0.410 e. The molecule has 0 saturated carbocycles. The van der Waals surface area contributed by atoms with Gasteiger partial charge in [0.25, 0.3) is 5.17 Å². The Bertz CT molecular complexity index is 598. The molecule has 6 heteroatoms. The highest BCUT2D eigenvalue weighted by atomic mass is 32.1. The highest BCUT2D eigenvalue weighted by molar-refractivity contribution is 7.80. The zero-order valence-electron chi connectivity index (χ0n) is 14.0. The zero-order chi connectivity index (χ0) is 17.2. The number of fused-ring (bicyclic) bond motifs is 1. The maximum absolute atomic E-state index is 12.6. The molecule has 1 heterocycles. The Morgan fingerprint density at radius 2 is 1.96 bits per heavy atom. The molecule has 2 N–H and O–H groups in total. The fourth-order valence-electron chi connectivity index (χ4n) is 2.75. The fourth-order valence-corrected chi connectivity index (χ4v) is 2.90. The number of hydrogen-bond acceptors (Lipinski definition) is 4. The number of hydrogen-bond donors (Lipinski definition) is 1. The quantitative estimate of drug-likeness (QED) is 0.841. The normalized spacial score (nSPS) is 18.8. The molecule has 0 bridgehead atoms. The van der Waals surface area contributed by atoms with Crippen LogP contribution in [0.3, 0.4) is 0 Å². The van der Waals surface area contributed by atoms with E-state index in [1.807, 2.05) is 45.9 Å². The second-order valence-corrected chi connectivity index (χ2v) is 7.19. The number of thiocarbonyl (C=S) groups is 1. The van der Waals surface area contributed by atoms with E-state index in [-0.39, 0.29) is 23.4 Å². The highest BCUT2D eigenvalue weighted by Crippen LogP contribution is 2.27. The van der Waals surface area contributed by atoms with Gasteiger partial charge in [-0.25, -0.2) is 4.79 Å². The number of ether oxygens (including phenoxy) is 2. The summed E-state index contributed by atoms with van der Waals surface area (Å²) in [5.41, 5.74) is 7.27. The van der Waals surface area contributed by atoms with Gasteiger partial charge in [-0.05, 0) is 57.5 Å². The number of rotatable bonds is 2. The number of carbonyl (C=O) groups is 1. The molecule has 1 aliphatic heterocycles. The van der Waals surface area contributed by atoms with Crippen molar-refractivity contribution < 1.29 is 14.3 Å².